The summed E-state index contributed by atoms with van der Waals surface area (Å²) in [6.07, 6.45) is 5.31. The van der Waals surface area contributed by atoms with Crippen LogP contribution in [-0.4, -0.2) is 30.5 Å². The Morgan fingerprint density at radius 3 is 2.48 bits per heavy atom. The van der Waals surface area contributed by atoms with Gasteiger partial charge in [0.25, 0.3) is 0 Å². The van der Waals surface area contributed by atoms with E-state index in [2.05, 4.69) is 36.1 Å². The number of hydrogen-bond acceptors (Lipinski definition) is 2. The highest BCUT2D eigenvalue weighted by molar-refractivity contribution is 5.89. The zero-order chi connectivity index (χ0) is 18.7. The van der Waals surface area contributed by atoms with Crippen LogP contribution in [-0.2, 0) is 10.2 Å². The van der Waals surface area contributed by atoms with Crippen molar-refractivity contribution < 1.29 is 9.53 Å². The molecule has 4 rings (SSSR count). The third-order valence-electron chi connectivity index (χ3n) is 6.26. The standard InChI is InChI=1S/C24H29NO2/c1-19-10-12-21(13-11-19)24(14-6-15-24)23(26)25-16-5-7-20(17-25)18-27-22-8-3-2-4-9-22/h2-4,8-13,20H,5-7,14-18H2,1H3/t20-/m1/s1. The molecule has 2 aromatic carbocycles. The fourth-order valence-electron chi connectivity index (χ4n) is 4.45. The fourth-order valence-corrected chi connectivity index (χ4v) is 4.45. The van der Waals surface area contributed by atoms with Crippen molar-refractivity contribution in [3.8, 4) is 5.75 Å². The van der Waals surface area contributed by atoms with Crippen molar-refractivity contribution in [3.05, 3.63) is 65.7 Å². The third-order valence-corrected chi connectivity index (χ3v) is 6.26. The van der Waals surface area contributed by atoms with Crippen LogP contribution >= 0.6 is 0 Å². The summed E-state index contributed by atoms with van der Waals surface area (Å²) in [4.78, 5) is 15.6. The number of likely N-dealkylation sites (tertiary alicyclic amines) is 1. The Hall–Kier alpha value is -2.29. The summed E-state index contributed by atoms with van der Waals surface area (Å²) in [5, 5.41) is 0. The quantitative estimate of drug-likeness (QED) is 0.768. The normalized spacial score (nSPS) is 21.4. The number of piperidine rings is 1. The van der Waals surface area contributed by atoms with Crippen LogP contribution in [0, 0.1) is 12.8 Å². The molecule has 2 aromatic rings. The minimum absolute atomic E-state index is 0.282. The molecule has 2 fully saturated rings. The van der Waals surface area contributed by atoms with E-state index < -0.39 is 0 Å². The Balaban J connectivity index is 1.42. The van der Waals surface area contributed by atoms with E-state index in [9.17, 15) is 4.79 Å². The van der Waals surface area contributed by atoms with Gasteiger partial charge in [-0.25, -0.2) is 0 Å². The summed E-state index contributed by atoms with van der Waals surface area (Å²) in [5.41, 5.74) is 2.17. The molecule has 27 heavy (non-hydrogen) atoms. The summed E-state index contributed by atoms with van der Waals surface area (Å²) in [7, 11) is 0. The van der Waals surface area contributed by atoms with Gasteiger partial charge in [-0.1, -0.05) is 54.4 Å². The molecule has 1 heterocycles. The molecule has 0 bridgehead atoms. The van der Waals surface area contributed by atoms with Crippen molar-refractivity contribution in [1.29, 1.82) is 0 Å². The number of amides is 1. The Morgan fingerprint density at radius 2 is 1.81 bits per heavy atom. The molecule has 1 saturated carbocycles. The van der Waals surface area contributed by atoms with Crippen LogP contribution in [0.4, 0.5) is 0 Å². The Bertz CT molecular complexity index is 765. The second-order valence-corrected chi connectivity index (χ2v) is 8.19. The number of aryl methyl sites for hydroxylation is 1. The summed E-state index contributed by atoms with van der Waals surface area (Å²) in [6.45, 7) is 4.49. The first-order chi connectivity index (χ1) is 13.2. The molecule has 0 radical (unpaired) electrons. The Morgan fingerprint density at radius 1 is 1.07 bits per heavy atom. The highest BCUT2D eigenvalue weighted by atomic mass is 16.5. The number of ether oxygens (including phenoxy) is 1. The minimum atomic E-state index is -0.282. The molecule has 3 nitrogen and oxygen atoms in total. The van der Waals surface area contributed by atoms with Crippen molar-refractivity contribution in [3.63, 3.8) is 0 Å². The molecular formula is C24H29NO2. The molecule has 1 aliphatic carbocycles. The summed E-state index contributed by atoms with van der Waals surface area (Å²) in [6, 6.07) is 18.6. The monoisotopic (exact) mass is 363 g/mol. The molecule has 1 atom stereocenters. The summed E-state index contributed by atoms with van der Waals surface area (Å²) >= 11 is 0. The number of rotatable bonds is 5. The maximum absolute atomic E-state index is 13.5. The van der Waals surface area contributed by atoms with Gasteiger partial charge in [-0.15, -0.1) is 0 Å². The average Bonchev–Trinajstić information content (AvgIpc) is 2.68. The van der Waals surface area contributed by atoms with E-state index in [0.29, 0.717) is 18.4 Å². The summed E-state index contributed by atoms with van der Waals surface area (Å²) in [5.74, 6) is 1.66. The van der Waals surface area contributed by atoms with Gasteiger partial charge in [0.05, 0.1) is 12.0 Å². The van der Waals surface area contributed by atoms with Crippen molar-refractivity contribution in [2.24, 2.45) is 5.92 Å². The lowest BCUT2D eigenvalue weighted by atomic mass is 9.63. The van der Waals surface area contributed by atoms with E-state index in [4.69, 9.17) is 4.74 Å². The number of nitrogens with zero attached hydrogens (tertiary/aromatic N) is 1. The lowest BCUT2D eigenvalue weighted by Gasteiger charge is -2.46. The highest BCUT2D eigenvalue weighted by Gasteiger charge is 2.48. The lowest BCUT2D eigenvalue weighted by molar-refractivity contribution is -0.143. The van der Waals surface area contributed by atoms with Gasteiger partial charge in [0.2, 0.25) is 5.91 Å². The topological polar surface area (TPSA) is 29.5 Å². The van der Waals surface area contributed by atoms with Gasteiger partial charge in [0.15, 0.2) is 0 Å². The van der Waals surface area contributed by atoms with Crippen LogP contribution in [0.1, 0.15) is 43.2 Å². The van der Waals surface area contributed by atoms with Crippen LogP contribution in [0.25, 0.3) is 0 Å². The minimum Gasteiger partial charge on any atom is -0.493 e. The fraction of sp³-hybridized carbons (Fsp3) is 0.458. The molecular weight excluding hydrogens is 334 g/mol. The van der Waals surface area contributed by atoms with Gasteiger partial charge < -0.3 is 9.64 Å². The van der Waals surface area contributed by atoms with Gasteiger partial charge in [-0.3, -0.25) is 4.79 Å². The van der Waals surface area contributed by atoms with Crippen molar-refractivity contribution in [2.75, 3.05) is 19.7 Å². The maximum Gasteiger partial charge on any atom is 0.233 e. The van der Waals surface area contributed by atoms with E-state index in [0.717, 1.165) is 50.9 Å². The molecule has 1 aliphatic heterocycles. The van der Waals surface area contributed by atoms with Crippen molar-refractivity contribution in [2.45, 2.75) is 44.4 Å². The van der Waals surface area contributed by atoms with Crippen LogP contribution in [0.5, 0.6) is 5.75 Å². The van der Waals surface area contributed by atoms with Gasteiger partial charge in [0.1, 0.15) is 5.75 Å². The van der Waals surface area contributed by atoms with E-state index in [1.807, 2.05) is 30.3 Å². The Kier molecular flexibility index (Phi) is 5.20. The first kappa shape index (κ1) is 18.1. The molecule has 3 heteroatoms. The highest BCUT2D eigenvalue weighted by Crippen LogP contribution is 2.45. The number of benzene rings is 2. The molecule has 0 spiro atoms. The molecule has 2 aliphatic rings. The summed E-state index contributed by atoms with van der Waals surface area (Å²) < 4.78 is 5.96. The number of para-hydroxylation sites is 1. The number of carbonyl (C=O) groups is 1. The predicted molar refractivity (Wildman–Crippen MR) is 108 cm³/mol. The largest absolute Gasteiger partial charge is 0.493 e. The van der Waals surface area contributed by atoms with Gasteiger partial charge in [0, 0.05) is 19.0 Å². The molecule has 1 amide bonds. The van der Waals surface area contributed by atoms with Gasteiger partial charge in [-0.2, -0.15) is 0 Å². The molecule has 0 unspecified atom stereocenters. The molecule has 0 aromatic heterocycles. The molecule has 0 N–H and O–H groups in total. The first-order valence-corrected chi connectivity index (χ1v) is 10.2. The van der Waals surface area contributed by atoms with Crippen LogP contribution in [0.15, 0.2) is 54.6 Å². The number of carbonyl (C=O) groups excluding carboxylic acids is 1. The van der Waals surface area contributed by atoms with Crippen LogP contribution < -0.4 is 4.74 Å². The van der Waals surface area contributed by atoms with Gasteiger partial charge in [-0.05, 0) is 50.3 Å². The number of hydrogen-bond donors (Lipinski definition) is 0. The molecule has 142 valence electrons. The van der Waals surface area contributed by atoms with Gasteiger partial charge >= 0.3 is 0 Å². The zero-order valence-corrected chi connectivity index (χ0v) is 16.2. The lowest BCUT2D eigenvalue weighted by Crippen LogP contribution is -2.54. The van der Waals surface area contributed by atoms with E-state index >= 15 is 0 Å². The zero-order valence-electron chi connectivity index (χ0n) is 16.2. The van der Waals surface area contributed by atoms with Crippen LogP contribution in [0.2, 0.25) is 0 Å². The third kappa shape index (κ3) is 3.73. The van der Waals surface area contributed by atoms with E-state index in [1.165, 1.54) is 11.1 Å². The Labute approximate surface area is 162 Å². The SMILES string of the molecule is Cc1ccc(C2(C(=O)N3CCC[C@@H](COc4ccccc4)C3)CCC2)cc1. The first-order valence-electron chi connectivity index (χ1n) is 10.2. The average molecular weight is 364 g/mol. The van der Waals surface area contributed by atoms with E-state index in [-0.39, 0.29) is 5.41 Å². The predicted octanol–water partition coefficient (Wildman–Crippen LogP) is 4.73. The smallest absolute Gasteiger partial charge is 0.233 e. The van der Waals surface area contributed by atoms with Crippen molar-refractivity contribution >= 4 is 5.91 Å². The maximum atomic E-state index is 13.5. The van der Waals surface area contributed by atoms with Crippen LogP contribution in [0.3, 0.4) is 0 Å². The molecule has 1 saturated heterocycles. The second-order valence-electron chi connectivity index (χ2n) is 8.19. The van der Waals surface area contributed by atoms with Crippen molar-refractivity contribution in [1.82, 2.24) is 4.90 Å². The van der Waals surface area contributed by atoms with E-state index in [1.54, 1.807) is 0 Å². The second kappa shape index (κ2) is 7.75.